The Morgan fingerprint density at radius 1 is 1.15 bits per heavy atom. The van der Waals surface area contributed by atoms with Gasteiger partial charge in [-0.15, -0.1) is 5.10 Å². The van der Waals surface area contributed by atoms with Crippen LogP contribution in [0.2, 0.25) is 10.0 Å². The van der Waals surface area contributed by atoms with Gasteiger partial charge in [-0.05, 0) is 29.8 Å². The van der Waals surface area contributed by atoms with Crippen LogP contribution in [0.3, 0.4) is 0 Å². The molecule has 140 valence electrons. The average molecular weight is 405 g/mol. The number of ether oxygens (including phenoxy) is 1. The first kappa shape index (κ1) is 17.9. The minimum atomic E-state index is 0.224. The zero-order valence-electron chi connectivity index (χ0n) is 14.3. The highest BCUT2D eigenvalue weighted by Crippen LogP contribution is 2.38. The second kappa shape index (κ2) is 7.64. The van der Waals surface area contributed by atoms with Gasteiger partial charge in [0, 0.05) is 30.3 Å². The maximum absolute atomic E-state index is 6.47. The van der Waals surface area contributed by atoms with Gasteiger partial charge in [-0.25, -0.2) is 5.10 Å². The molecular formula is C18H18Cl2N6O. The van der Waals surface area contributed by atoms with Crippen LogP contribution >= 0.6 is 23.2 Å². The van der Waals surface area contributed by atoms with Crippen molar-refractivity contribution in [3.05, 3.63) is 46.4 Å². The lowest BCUT2D eigenvalue weighted by Crippen LogP contribution is -2.45. The fourth-order valence-corrected chi connectivity index (χ4v) is 3.48. The van der Waals surface area contributed by atoms with E-state index in [-0.39, 0.29) is 5.95 Å². The molecule has 2 heterocycles. The number of nitrogens with zero attached hydrogens (tertiary/aromatic N) is 2. The van der Waals surface area contributed by atoms with Crippen LogP contribution in [0.4, 0.5) is 17.6 Å². The van der Waals surface area contributed by atoms with E-state index in [0.717, 1.165) is 36.6 Å². The molecule has 0 radical (unpaired) electrons. The molecule has 3 aromatic rings. The molecule has 4 rings (SSSR count). The minimum absolute atomic E-state index is 0.224. The van der Waals surface area contributed by atoms with E-state index < -0.39 is 0 Å². The zero-order chi connectivity index (χ0) is 18.8. The van der Waals surface area contributed by atoms with Gasteiger partial charge < -0.3 is 21.1 Å². The van der Waals surface area contributed by atoms with Crippen molar-refractivity contribution < 1.29 is 4.74 Å². The summed E-state index contributed by atoms with van der Waals surface area (Å²) in [6.45, 7) is 2.76. The number of benzene rings is 2. The summed E-state index contributed by atoms with van der Waals surface area (Å²) in [6.07, 6.45) is 0. The van der Waals surface area contributed by atoms with Gasteiger partial charge in [-0.2, -0.15) is 4.98 Å². The summed E-state index contributed by atoms with van der Waals surface area (Å²) >= 11 is 12.9. The normalized spacial score (nSPS) is 14.0. The monoisotopic (exact) mass is 404 g/mol. The number of aromatic amines is 1. The summed E-state index contributed by atoms with van der Waals surface area (Å²) in [5, 5.41) is 13.8. The fourth-order valence-electron chi connectivity index (χ4n) is 2.78. The van der Waals surface area contributed by atoms with Crippen LogP contribution in [0.15, 0.2) is 36.4 Å². The van der Waals surface area contributed by atoms with Gasteiger partial charge in [0.2, 0.25) is 11.9 Å². The molecule has 0 atom stereocenters. The minimum Gasteiger partial charge on any atom is -0.493 e. The third-order valence-electron chi connectivity index (χ3n) is 4.30. The molecule has 2 aromatic carbocycles. The number of hydrogen-bond acceptors (Lipinski definition) is 6. The smallest absolute Gasteiger partial charge is 0.248 e. The van der Waals surface area contributed by atoms with Crippen molar-refractivity contribution >= 4 is 40.8 Å². The number of rotatable bonds is 6. The molecular weight excluding hydrogens is 387 g/mol. The van der Waals surface area contributed by atoms with Crippen molar-refractivity contribution in [1.82, 2.24) is 20.5 Å². The molecule has 1 fully saturated rings. The van der Waals surface area contributed by atoms with Crippen LogP contribution in [0.5, 0.6) is 5.75 Å². The van der Waals surface area contributed by atoms with Crippen LogP contribution in [-0.4, -0.2) is 34.9 Å². The van der Waals surface area contributed by atoms with Crippen molar-refractivity contribution in [2.75, 3.05) is 30.7 Å². The van der Waals surface area contributed by atoms with Crippen molar-refractivity contribution in [2.45, 2.75) is 0 Å². The van der Waals surface area contributed by atoms with Crippen LogP contribution in [-0.2, 0) is 0 Å². The van der Waals surface area contributed by atoms with Crippen LogP contribution < -0.4 is 21.1 Å². The summed E-state index contributed by atoms with van der Waals surface area (Å²) < 4.78 is 5.81. The van der Waals surface area contributed by atoms with Gasteiger partial charge in [-0.1, -0.05) is 35.3 Å². The number of nitrogens with two attached hydrogens (primary N) is 1. The number of nitrogens with one attached hydrogen (secondary N) is 3. The van der Waals surface area contributed by atoms with Crippen molar-refractivity contribution in [3.63, 3.8) is 0 Å². The topological polar surface area (TPSA) is 101 Å². The molecule has 9 heteroatoms. The molecule has 1 aromatic heterocycles. The maximum Gasteiger partial charge on any atom is 0.248 e. The Hall–Kier alpha value is -2.48. The van der Waals surface area contributed by atoms with Gasteiger partial charge in [0.25, 0.3) is 0 Å². The summed E-state index contributed by atoms with van der Waals surface area (Å²) in [5.41, 5.74) is 7.86. The largest absolute Gasteiger partial charge is 0.493 e. The Kier molecular flexibility index (Phi) is 5.07. The Morgan fingerprint density at radius 2 is 1.85 bits per heavy atom. The Labute approximate surface area is 166 Å². The SMILES string of the molecule is Nc1nc(Nc2cc(Cl)c(-c3ccc(OCC4CNC4)cc3)c(Cl)c2)n[nH]1. The number of halogens is 2. The summed E-state index contributed by atoms with van der Waals surface area (Å²) in [4.78, 5) is 3.99. The van der Waals surface area contributed by atoms with Crippen molar-refractivity contribution in [1.29, 1.82) is 0 Å². The van der Waals surface area contributed by atoms with Gasteiger partial charge in [0.1, 0.15) is 5.75 Å². The standard InChI is InChI=1S/C18H18Cl2N6O/c19-14-5-12(23-18-24-17(21)25-26-18)6-15(20)16(14)11-1-3-13(4-2-11)27-9-10-7-22-8-10/h1-6,10,22H,7-9H2,(H4,21,23,24,25,26). The van der Waals surface area contributed by atoms with Crippen molar-refractivity contribution in [2.24, 2.45) is 5.92 Å². The number of anilines is 3. The number of hydrogen-bond donors (Lipinski definition) is 4. The lowest BCUT2D eigenvalue weighted by Gasteiger charge is -2.26. The molecule has 0 spiro atoms. The van der Waals surface area contributed by atoms with Crippen LogP contribution in [0, 0.1) is 5.92 Å². The molecule has 5 N–H and O–H groups in total. The fraction of sp³-hybridized carbons (Fsp3) is 0.222. The quantitative estimate of drug-likeness (QED) is 0.499. The molecule has 0 unspecified atom stereocenters. The third-order valence-corrected chi connectivity index (χ3v) is 4.89. The highest BCUT2D eigenvalue weighted by atomic mass is 35.5. The van der Waals surface area contributed by atoms with Gasteiger partial charge in [-0.3, -0.25) is 0 Å². The number of nitrogen functional groups attached to an aromatic ring is 1. The van der Waals surface area contributed by atoms with Gasteiger partial charge in [0.15, 0.2) is 0 Å². The van der Waals surface area contributed by atoms with E-state index in [1.807, 2.05) is 24.3 Å². The van der Waals surface area contributed by atoms with Crippen LogP contribution in [0.1, 0.15) is 0 Å². The molecule has 0 amide bonds. The Balaban J connectivity index is 1.50. The first-order valence-electron chi connectivity index (χ1n) is 8.46. The van der Waals surface area contributed by atoms with E-state index in [9.17, 15) is 0 Å². The first-order chi connectivity index (χ1) is 13.1. The first-order valence-corrected chi connectivity index (χ1v) is 9.22. The molecule has 27 heavy (non-hydrogen) atoms. The Bertz CT molecular complexity index is 916. The molecule has 0 saturated carbocycles. The van der Waals surface area contributed by atoms with E-state index in [0.29, 0.717) is 27.6 Å². The molecule has 7 nitrogen and oxygen atoms in total. The predicted octanol–water partition coefficient (Wildman–Crippen LogP) is 3.70. The Morgan fingerprint density at radius 3 is 2.41 bits per heavy atom. The molecule has 1 aliphatic heterocycles. The van der Waals surface area contributed by atoms with E-state index in [4.69, 9.17) is 33.7 Å². The van der Waals surface area contributed by atoms with Crippen molar-refractivity contribution in [3.8, 4) is 16.9 Å². The third kappa shape index (κ3) is 4.10. The highest BCUT2D eigenvalue weighted by molar-refractivity contribution is 6.39. The summed E-state index contributed by atoms with van der Waals surface area (Å²) in [6, 6.07) is 11.3. The van der Waals surface area contributed by atoms with E-state index in [2.05, 4.69) is 25.8 Å². The highest BCUT2D eigenvalue weighted by Gasteiger charge is 2.17. The summed E-state index contributed by atoms with van der Waals surface area (Å²) in [7, 11) is 0. The second-order valence-electron chi connectivity index (χ2n) is 6.34. The lowest BCUT2D eigenvalue weighted by atomic mass is 10.0. The number of H-pyrrole nitrogens is 1. The van der Waals surface area contributed by atoms with E-state index in [1.165, 1.54) is 0 Å². The van der Waals surface area contributed by atoms with E-state index in [1.54, 1.807) is 12.1 Å². The summed E-state index contributed by atoms with van der Waals surface area (Å²) in [5.74, 6) is 1.99. The molecule has 0 bridgehead atoms. The maximum atomic E-state index is 6.47. The van der Waals surface area contributed by atoms with E-state index >= 15 is 0 Å². The average Bonchev–Trinajstić information content (AvgIpc) is 2.99. The second-order valence-corrected chi connectivity index (χ2v) is 7.16. The van der Waals surface area contributed by atoms with Crippen LogP contribution in [0.25, 0.3) is 11.1 Å². The molecule has 0 aliphatic carbocycles. The zero-order valence-corrected chi connectivity index (χ0v) is 15.8. The lowest BCUT2D eigenvalue weighted by molar-refractivity contribution is 0.199. The number of aromatic nitrogens is 3. The predicted molar refractivity (Wildman–Crippen MR) is 108 cm³/mol. The molecule has 1 saturated heterocycles. The molecule has 1 aliphatic rings. The van der Waals surface area contributed by atoms with Gasteiger partial charge in [0.05, 0.1) is 16.7 Å². The van der Waals surface area contributed by atoms with Gasteiger partial charge >= 0.3 is 0 Å².